The summed E-state index contributed by atoms with van der Waals surface area (Å²) in [6.07, 6.45) is 10.1. The van der Waals surface area contributed by atoms with Gasteiger partial charge in [0.1, 0.15) is 17.5 Å². The van der Waals surface area contributed by atoms with Gasteiger partial charge in [0.05, 0.1) is 36.6 Å². The maximum Gasteiger partial charge on any atom is 0.330 e. The van der Waals surface area contributed by atoms with E-state index in [1.54, 1.807) is 20.8 Å². The Balaban J connectivity index is 1.95. The third-order valence-corrected chi connectivity index (χ3v) is 12.9. The Bertz CT molecular complexity index is 1350. The van der Waals surface area contributed by atoms with Crippen LogP contribution < -0.4 is 0 Å². The highest BCUT2D eigenvalue weighted by Crippen LogP contribution is 2.46. The first-order valence-corrected chi connectivity index (χ1v) is 20.8. The molecular weight excluding hydrogens is 704 g/mol. The van der Waals surface area contributed by atoms with Crippen molar-refractivity contribution >= 4 is 17.5 Å². The molecule has 17 atom stereocenters. The van der Waals surface area contributed by atoms with Crippen LogP contribution in [0.4, 0.5) is 0 Å². The Morgan fingerprint density at radius 1 is 0.836 bits per heavy atom. The van der Waals surface area contributed by atoms with Crippen LogP contribution in [0.15, 0.2) is 36.5 Å². The van der Waals surface area contributed by atoms with Gasteiger partial charge in [-0.25, -0.2) is 4.79 Å². The lowest BCUT2D eigenvalue weighted by Crippen LogP contribution is -2.57. The van der Waals surface area contributed by atoms with Crippen molar-refractivity contribution in [3.8, 4) is 0 Å². The second-order valence-corrected chi connectivity index (χ2v) is 17.6. The number of rotatable bonds is 3. The SMILES string of the molecule is CC[C@@H]1/C=C/C=C/C[C@H](C)[C@@H](O)[C@](C)(O)C(=O)[C@H](C)[C@@H](O)[C@H](C)C(=O)[C@H](C)[C@H](O)[C@H](C)/C=C/C(=O)O[C@@H]2C[C@]3(CC[C@@H](C)[C@@H](C[C@H](C)O)O3)O[C@H](CC1)[C@@H]2C. The first-order chi connectivity index (χ1) is 25.6. The van der Waals surface area contributed by atoms with Crippen molar-refractivity contribution in [2.75, 3.05) is 0 Å². The highest BCUT2D eigenvalue weighted by Gasteiger charge is 2.51. The average Bonchev–Trinajstić information content (AvgIpc) is 3.14. The van der Waals surface area contributed by atoms with Crippen molar-refractivity contribution in [2.24, 2.45) is 47.3 Å². The number of aliphatic hydroxyl groups is 5. The molecule has 1 spiro atoms. The Morgan fingerprint density at radius 2 is 1.49 bits per heavy atom. The second kappa shape index (κ2) is 20.4. The Morgan fingerprint density at radius 3 is 2.13 bits per heavy atom. The number of hydrogen-bond donors (Lipinski definition) is 5. The molecule has 55 heavy (non-hydrogen) atoms. The molecule has 3 aliphatic heterocycles. The molecule has 3 rings (SSSR count). The summed E-state index contributed by atoms with van der Waals surface area (Å²) in [5.41, 5.74) is -2.18. The van der Waals surface area contributed by atoms with Crippen molar-refractivity contribution in [1.82, 2.24) is 0 Å². The summed E-state index contributed by atoms with van der Waals surface area (Å²) >= 11 is 0. The van der Waals surface area contributed by atoms with Crippen molar-refractivity contribution in [2.45, 2.75) is 175 Å². The number of esters is 1. The zero-order valence-electron chi connectivity index (χ0n) is 35.0. The summed E-state index contributed by atoms with van der Waals surface area (Å²) in [4.78, 5) is 40.3. The maximum absolute atomic E-state index is 13.5. The standard InChI is InChI=1S/C44H72O11/c1-11-33-16-14-12-13-15-27(4)41(50)43(10,52)42(51)32(9)40(49)31(8)39(48)30(7)38(47)26(3)17-20-37(46)53-36-24-44(54-34(19-18-33)29(36)6)22-21-25(2)35(55-44)23-28(5)45/h12-14,16-17,20,25-36,38,40-41,45,47,49-50,52H,11,15,18-19,21-24H2,1-10H3/b13-12+,16-14+,20-17+/t25-,26-,27+,28+,29+,30-,31-,32-,33-,34-,35-,36-,38-,40+,41-,43+,44-/m1/s1. The molecule has 5 N–H and O–H groups in total. The Hall–Kier alpha value is -2.25. The predicted molar refractivity (Wildman–Crippen MR) is 210 cm³/mol. The fourth-order valence-electron chi connectivity index (χ4n) is 8.60. The second-order valence-electron chi connectivity index (χ2n) is 17.6. The summed E-state index contributed by atoms with van der Waals surface area (Å²) in [6.45, 7) is 17.1. The van der Waals surface area contributed by atoms with E-state index in [0.717, 1.165) is 19.3 Å². The molecule has 0 amide bonds. The van der Waals surface area contributed by atoms with Gasteiger partial charge in [0.15, 0.2) is 11.6 Å². The minimum atomic E-state index is -2.18. The minimum Gasteiger partial charge on any atom is -0.459 e. The van der Waals surface area contributed by atoms with Gasteiger partial charge in [-0.3, -0.25) is 9.59 Å². The highest BCUT2D eigenvalue weighted by atomic mass is 16.7. The van der Waals surface area contributed by atoms with E-state index in [1.165, 1.54) is 39.8 Å². The van der Waals surface area contributed by atoms with Crippen LogP contribution in [-0.4, -0.2) is 97.2 Å². The maximum atomic E-state index is 13.5. The number of ketones is 2. The topological polar surface area (TPSA) is 180 Å². The monoisotopic (exact) mass is 777 g/mol. The van der Waals surface area contributed by atoms with Gasteiger partial charge in [0, 0.05) is 48.5 Å². The number of carbonyl (C=O) groups excluding carboxylic acids is 3. The minimum absolute atomic E-state index is 0.144. The summed E-state index contributed by atoms with van der Waals surface area (Å²) in [5, 5.41) is 54.9. The van der Waals surface area contributed by atoms with Crippen LogP contribution in [0.1, 0.15) is 121 Å². The third kappa shape index (κ3) is 12.1. The molecule has 0 aliphatic carbocycles. The van der Waals surface area contributed by atoms with Gasteiger partial charge in [-0.1, -0.05) is 85.8 Å². The lowest BCUT2D eigenvalue weighted by atomic mass is 9.75. The Kier molecular flexibility index (Phi) is 17.5. The molecule has 2 fully saturated rings. The number of allylic oxidation sites excluding steroid dienone is 4. The molecule has 0 unspecified atom stereocenters. The number of carbonyl (C=O) groups is 3. The van der Waals surface area contributed by atoms with Crippen LogP contribution >= 0.6 is 0 Å². The Labute approximate surface area is 329 Å². The van der Waals surface area contributed by atoms with Crippen LogP contribution in [0.3, 0.4) is 0 Å². The fourth-order valence-corrected chi connectivity index (χ4v) is 8.60. The molecule has 0 radical (unpaired) electrons. The number of hydrogen-bond acceptors (Lipinski definition) is 11. The van der Waals surface area contributed by atoms with Crippen LogP contribution in [0, 0.1) is 47.3 Å². The zero-order chi connectivity index (χ0) is 41.4. The van der Waals surface area contributed by atoms with Gasteiger partial charge >= 0.3 is 5.97 Å². The normalized spacial score (nSPS) is 46.1. The summed E-state index contributed by atoms with van der Waals surface area (Å²) in [5.74, 6) is -6.86. The smallest absolute Gasteiger partial charge is 0.330 e. The van der Waals surface area contributed by atoms with Crippen molar-refractivity contribution in [1.29, 1.82) is 0 Å². The summed E-state index contributed by atoms with van der Waals surface area (Å²) in [6, 6.07) is 0. The van der Waals surface area contributed by atoms with E-state index in [-0.39, 0.29) is 30.0 Å². The fraction of sp³-hybridized carbons (Fsp3) is 0.795. The van der Waals surface area contributed by atoms with Crippen LogP contribution in [0.2, 0.25) is 0 Å². The quantitative estimate of drug-likeness (QED) is 0.224. The lowest BCUT2D eigenvalue weighted by molar-refractivity contribution is -0.347. The highest BCUT2D eigenvalue weighted by molar-refractivity contribution is 5.91. The number of Topliss-reactive ketones (excluding diaryl/α,β-unsaturated/α-hetero) is 2. The molecule has 0 aromatic rings. The molecule has 0 aromatic heterocycles. The molecule has 0 saturated carbocycles. The molecule has 3 aliphatic rings. The average molecular weight is 777 g/mol. The van der Waals surface area contributed by atoms with Gasteiger partial charge in [0.25, 0.3) is 0 Å². The van der Waals surface area contributed by atoms with E-state index in [9.17, 15) is 39.9 Å². The lowest BCUT2D eigenvalue weighted by Gasteiger charge is -2.52. The summed E-state index contributed by atoms with van der Waals surface area (Å²) in [7, 11) is 0. The van der Waals surface area contributed by atoms with Crippen molar-refractivity contribution in [3.63, 3.8) is 0 Å². The van der Waals surface area contributed by atoms with E-state index in [4.69, 9.17) is 14.2 Å². The van der Waals surface area contributed by atoms with Gasteiger partial charge in [-0.15, -0.1) is 0 Å². The molecule has 11 nitrogen and oxygen atoms in total. The first kappa shape index (κ1) is 47.1. The molecular formula is C44H72O11. The molecule has 314 valence electrons. The van der Waals surface area contributed by atoms with E-state index >= 15 is 0 Å². The zero-order valence-corrected chi connectivity index (χ0v) is 35.0. The molecule has 2 bridgehead atoms. The largest absolute Gasteiger partial charge is 0.459 e. The van der Waals surface area contributed by atoms with Crippen LogP contribution in [0.5, 0.6) is 0 Å². The van der Waals surface area contributed by atoms with E-state index in [2.05, 4.69) is 19.9 Å². The number of fused-ring (bicyclic) bond motifs is 2. The van der Waals surface area contributed by atoms with Crippen LogP contribution in [0.25, 0.3) is 0 Å². The third-order valence-electron chi connectivity index (χ3n) is 12.9. The van der Waals surface area contributed by atoms with Gasteiger partial charge in [-0.05, 0) is 70.1 Å². The van der Waals surface area contributed by atoms with E-state index in [1.807, 2.05) is 25.2 Å². The predicted octanol–water partition coefficient (Wildman–Crippen LogP) is 5.64. The van der Waals surface area contributed by atoms with Crippen molar-refractivity contribution in [3.05, 3.63) is 36.5 Å². The van der Waals surface area contributed by atoms with Crippen molar-refractivity contribution < 1.29 is 54.1 Å². The number of aliphatic hydroxyl groups excluding tert-OH is 4. The van der Waals surface area contributed by atoms with E-state index < -0.39 is 89.0 Å². The number of ether oxygens (including phenoxy) is 3. The van der Waals surface area contributed by atoms with Gasteiger partial charge in [-0.2, -0.15) is 0 Å². The molecule has 2 saturated heterocycles. The molecule has 0 aromatic carbocycles. The van der Waals surface area contributed by atoms with Crippen LogP contribution in [-0.2, 0) is 28.6 Å². The van der Waals surface area contributed by atoms with Gasteiger partial charge < -0.3 is 39.7 Å². The van der Waals surface area contributed by atoms with E-state index in [0.29, 0.717) is 32.1 Å². The first-order valence-electron chi connectivity index (χ1n) is 20.8. The summed E-state index contributed by atoms with van der Waals surface area (Å²) < 4.78 is 19.7. The molecule has 11 heteroatoms. The molecule has 3 heterocycles. The van der Waals surface area contributed by atoms with Gasteiger partial charge in [0.2, 0.25) is 0 Å².